The molecule has 0 aliphatic carbocycles. The van der Waals surface area contributed by atoms with Crippen LogP contribution in [0.2, 0.25) is 0 Å². The Morgan fingerprint density at radius 3 is 2.74 bits per heavy atom. The third-order valence-electron chi connectivity index (χ3n) is 3.77. The lowest BCUT2D eigenvalue weighted by Crippen LogP contribution is -2.31. The van der Waals surface area contributed by atoms with Gasteiger partial charge in [0.15, 0.2) is 0 Å². The summed E-state index contributed by atoms with van der Waals surface area (Å²) in [7, 11) is 0. The van der Waals surface area contributed by atoms with Gasteiger partial charge in [-0.3, -0.25) is 0 Å². The second-order valence-electron chi connectivity index (χ2n) is 5.39. The van der Waals surface area contributed by atoms with Crippen molar-refractivity contribution in [3.63, 3.8) is 0 Å². The highest BCUT2D eigenvalue weighted by Gasteiger charge is 2.16. The average molecular weight is 343 g/mol. The number of hydrogen-bond donors (Lipinski definition) is 0. The number of aryl methyl sites for hydroxylation is 2. The predicted molar refractivity (Wildman–Crippen MR) is 92.7 cm³/mol. The van der Waals surface area contributed by atoms with E-state index in [0.29, 0.717) is 5.03 Å². The maximum Gasteiger partial charge on any atom is 0.128 e. The van der Waals surface area contributed by atoms with Crippen LogP contribution >= 0.6 is 23.1 Å². The van der Waals surface area contributed by atoms with Gasteiger partial charge in [-0.2, -0.15) is 0 Å². The Morgan fingerprint density at radius 2 is 2.04 bits per heavy atom. The van der Waals surface area contributed by atoms with Crippen molar-refractivity contribution in [2.24, 2.45) is 0 Å². The van der Waals surface area contributed by atoms with E-state index in [1.165, 1.54) is 29.2 Å². The van der Waals surface area contributed by atoms with E-state index >= 15 is 0 Å². The van der Waals surface area contributed by atoms with Crippen LogP contribution in [0, 0.1) is 13.8 Å². The largest absolute Gasteiger partial charge is 0.549 e. The number of hydrogen-bond acceptors (Lipinski definition) is 6. The molecular weight excluding hydrogens is 328 g/mol. The Kier molecular flexibility index (Phi) is 4.37. The molecule has 0 amide bonds. The van der Waals surface area contributed by atoms with Crippen molar-refractivity contribution in [3.05, 3.63) is 41.0 Å². The molecule has 3 aromatic rings. The van der Waals surface area contributed by atoms with E-state index in [4.69, 9.17) is 0 Å². The number of benzene rings is 1. The van der Waals surface area contributed by atoms with Gasteiger partial charge in [0.1, 0.15) is 16.2 Å². The maximum absolute atomic E-state index is 11.0. The molecule has 0 aliphatic heterocycles. The van der Waals surface area contributed by atoms with Crippen molar-refractivity contribution < 1.29 is 9.90 Å². The molecule has 1 unspecified atom stereocenters. The predicted octanol–water partition coefficient (Wildman–Crippen LogP) is 3.21. The number of carbonyl (C=O) groups is 1. The van der Waals surface area contributed by atoms with Crippen molar-refractivity contribution in [2.75, 3.05) is 0 Å². The molecular formula is C17H15N2O2S2-. The number of carboxylic acids is 1. The topological polar surface area (TPSA) is 65.9 Å². The number of fused-ring (bicyclic) bond motifs is 1. The Morgan fingerprint density at radius 1 is 1.26 bits per heavy atom. The normalized spacial score (nSPS) is 12.5. The first kappa shape index (κ1) is 16.0. The molecule has 23 heavy (non-hydrogen) atoms. The van der Waals surface area contributed by atoms with Crippen LogP contribution in [0.25, 0.3) is 21.3 Å². The average Bonchev–Trinajstić information content (AvgIpc) is 2.95. The molecule has 3 rings (SSSR count). The van der Waals surface area contributed by atoms with Gasteiger partial charge < -0.3 is 9.90 Å². The van der Waals surface area contributed by atoms with Gasteiger partial charge in [-0.15, -0.1) is 11.3 Å². The van der Waals surface area contributed by atoms with Crippen LogP contribution < -0.4 is 5.11 Å². The van der Waals surface area contributed by atoms with Crippen molar-refractivity contribution in [1.29, 1.82) is 0 Å². The molecule has 6 heteroatoms. The van der Waals surface area contributed by atoms with E-state index in [2.05, 4.69) is 47.4 Å². The fourth-order valence-corrected chi connectivity index (χ4v) is 4.12. The van der Waals surface area contributed by atoms with Crippen LogP contribution in [0.1, 0.15) is 18.1 Å². The standard InChI is InChI=1S/C17H16N2O2S2/c1-9-4-5-12(6-10(9)2)13-7-22-15-14(13)16(19-8-18-15)23-11(3)17(20)21/h4-8,11H,1-3H3,(H,20,21)/p-1. The van der Waals surface area contributed by atoms with Crippen molar-refractivity contribution in [2.45, 2.75) is 31.0 Å². The van der Waals surface area contributed by atoms with Crippen molar-refractivity contribution in [1.82, 2.24) is 9.97 Å². The summed E-state index contributed by atoms with van der Waals surface area (Å²) < 4.78 is 0. The Hall–Kier alpha value is -1.92. The second-order valence-corrected chi connectivity index (χ2v) is 7.57. The molecule has 2 heterocycles. The lowest BCUT2D eigenvalue weighted by molar-refractivity contribution is -0.304. The fourth-order valence-electron chi connectivity index (χ4n) is 2.27. The van der Waals surface area contributed by atoms with Crippen LogP contribution in [0.4, 0.5) is 0 Å². The Bertz CT molecular complexity index is 889. The number of carboxylic acid groups (broad SMARTS) is 1. The molecule has 0 saturated heterocycles. The summed E-state index contributed by atoms with van der Waals surface area (Å²) >= 11 is 2.74. The van der Waals surface area contributed by atoms with Crippen LogP contribution in [-0.4, -0.2) is 21.2 Å². The molecule has 0 spiro atoms. The summed E-state index contributed by atoms with van der Waals surface area (Å²) in [5.74, 6) is -1.09. The highest BCUT2D eigenvalue weighted by atomic mass is 32.2. The van der Waals surface area contributed by atoms with Gasteiger partial charge in [0.05, 0.1) is 11.4 Å². The Balaban J connectivity index is 2.14. The second kappa shape index (κ2) is 6.29. The van der Waals surface area contributed by atoms with Crippen LogP contribution in [0.3, 0.4) is 0 Å². The number of thiophene rings is 1. The van der Waals surface area contributed by atoms with Gasteiger partial charge in [0.2, 0.25) is 0 Å². The van der Waals surface area contributed by atoms with Crippen LogP contribution in [0.15, 0.2) is 34.9 Å². The first-order chi connectivity index (χ1) is 11.0. The first-order valence-electron chi connectivity index (χ1n) is 7.14. The molecule has 0 saturated carbocycles. The van der Waals surface area contributed by atoms with Gasteiger partial charge in [0, 0.05) is 16.2 Å². The van der Waals surface area contributed by atoms with E-state index in [1.54, 1.807) is 18.3 Å². The van der Waals surface area contributed by atoms with Gasteiger partial charge >= 0.3 is 0 Å². The van der Waals surface area contributed by atoms with Crippen LogP contribution in [-0.2, 0) is 4.79 Å². The van der Waals surface area contributed by atoms with Crippen LogP contribution in [0.5, 0.6) is 0 Å². The molecule has 0 radical (unpaired) electrons. The number of aromatic nitrogens is 2. The maximum atomic E-state index is 11.0. The van der Waals surface area contributed by atoms with E-state index in [0.717, 1.165) is 21.3 Å². The third-order valence-corrected chi connectivity index (χ3v) is 5.74. The van der Waals surface area contributed by atoms with Gasteiger partial charge in [-0.05, 0) is 37.5 Å². The van der Waals surface area contributed by atoms with Crippen molar-refractivity contribution in [3.8, 4) is 11.1 Å². The van der Waals surface area contributed by atoms with E-state index in [-0.39, 0.29) is 0 Å². The lowest BCUT2D eigenvalue weighted by atomic mass is 10.0. The number of thioether (sulfide) groups is 1. The summed E-state index contributed by atoms with van der Waals surface area (Å²) in [5.41, 5.74) is 4.60. The summed E-state index contributed by atoms with van der Waals surface area (Å²) in [5, 5.41) is 14.0. The molecule has 0 N–H and O–H groups in total. The van der Waals surface area contributed by atoms with Gasteiger partial charge in [-0.25, -0.2) is 9.97 Å². The molecule has 0 fully saturated rings. The highest BCUT2D eigenvalue weighted by Crippen LogP contribution is 2.39. The lowest BCUT2D eigenvalue weighted by Gasteiger charge is -2.12. The first-order valence-corrected chi connectivity index (χ1v) is 8.90. The molecule has 118 valence electrons. The minimum Gasteiger partial charge on any atom is -0.549 e. The molecule has 1 atom stereocenters. The Labute approximate surface area is 142 Å². The minimum absolute atomic E-state index is 0.666. The smallest absolute Gasteiger partial charge is 0.128 e. The fraction of sp³-hybridized carbons (Fsp3) is 0.235. The zero-order chi connectivity index (χ0) is 16.6. The number of rotatable bonds is 4. The monoisotopic (exact) mass is 343 g/mol. The molecule has 4 nitrogen and oxygen atoms in total. The summed E-state index contributed by atoms with van der Waals surface area (Å²) in [6.45, 7) is 5.77. The van der Waals surface area contributed by atoms with Crippen molar-refractivity contribution >= 4 is 39.3 Å². The zero-order valence-electron chi connectivity index (χ0n) is 13.0. The van der Waals surface area contributed by atoms with Gasteiger partial charge in [0.25, 0.3) is 0 Å². The van der Waals surface area contributed by atoms with Gasteiger partial charge in [-0.1, -0.05) is 30.0 Å². The highest BCUT2D eigenvalue weighted by molar-refractivity contribution is 8.00. The SMILES string of the molecule is Cc1ccc(-c2csc3ncnc(SC(C)C(=O)[O-])c23)cc1C. The summed E-state index contributed by atoms with van der Waals surface area (Å²) in [6.07, 6.45) is 1.48. The van der Waals surface area contributed by atoms with E-state index in [1.807, 2.05) is 0 Å². The quantitative estimate of drug-likeness (QED) is 0.537. The molecule has 1 aromatic carbocycles. The number of nitrogens with zero attached hydrogens (tertiary/aromatic N) is 2. The number of aliphatic carboxylic acids is 1. The third kappa shape index (κ3) is 3.09. The minimum atomic E-state index is -1.09. The van der Waals surface area contributed by atoms with E-state index in [9.17, 15) is 9.90 Å². The van der Waals surface area contributed by atoms with E-state index < -0.39 is 11.2 Å². The number of carbonyl (C=O) groups excluding carboxylic acids is 1. The summed E-state index contributed by atoms with van der Waals surface area (Å²) in [6, 6.07) is 6.31. The summed E-state index contributed by atoms with van der Waals surface area (Å²) in [4.78, 5) is 20.5. The molecule has 0 aliphatic rings. The molecule has 0 bridgehead atoms. The molecule has 2 aromatic heterocycles. The zero-order valence-corrected chi connectivity index (χ0v) is 14.6.